The summed E-state index contributed by atoms with van der Waals surface area (Å²) >= 11 is 0. The van der Waals surface area contributed by atoms with Crippen molar-refractivity contribution >= 4 is 10.9 Å². The summed E-state index contributed by atoms with van der Waals surface area (Å²) < 4.78 is 0. The second-order valence-corrected chi connectivity index (χ2v) is 11.7. The number of hydrogen-bond acceptors (Lipinski definition) is 0. The van der Waals surface area contributed by atoms with Gasteiger partial charge in [-0.05, 0) is 63.7 Å². The third-order valence-corrected chi connectivity index (χ3v) is 9.84. The molecule has 1 aliphatic carbocycles. The largest absolute Gasteiger partial charge is 0.167 e. The Balaban J connectivity index is 1.52. The molecule has 7 rings (SSSR count). The molecule has 0 unspecified atom stereocenters. The minimum Gasteiger partial charge on any atom is -0.0622 e. The van der Waals surface area contributed by atoms with Crippen LogP contribution in [-0.4, -0.2) is 0 Å². The van der Waals surface area contributed by atoms with Crippen LogP contribution in [0.4, 0.5) is 0 Å². The third-order valence-electron chi connectivity index (χ3n) is 7.62. The summed E-state index contributed by atoms with van der Waals surface area (Å²) in [5, 5.41) is 0. The van der Waals surface area contributed by atoms with E-state index in [9.17, 15) is 0 Å². The van der Waals surface area contributed by atoms with Gasteiger partial charge in [0.15, 0.2) is 14.7 Å². The molecular formula is C37H27S+. The van der Waals surface area contributed by atoms with E-state index in [1.807, 2.05) is 0 Å². The SMILES string of the molecule is c1ccc([S+](c2ccccc2)c2ccc3c(c2)-c2ccccc2C3(c2ccccc2)c2ccccc2)cc1. The van der Waals surface area contributed by atoms with Crippen LogP contribution < -0.4 is 0 Å². The Bertz CT molecular complexity index is 1610. The lowest BCUT2D eigenvalue weighted by Gasteiger charge is -2.33. The van der Waals surface area contributed by atoms with E-state index in [0.717, 1.165) is 0 Å². The van der Waals surface area contributed by atoms with Gasteiger partial charge in [-0.3, -0.25) is 0 Å². The van der Waals surface area contributed by atoms with Crippen molar-refractivity contribution in [1.82, 2.24) is 0 Å². The molecule has 1 heteroatoms. The van der Waals surface area contributed by atoms with Crippen LogP contribution in [0.25, 0.3) is 11.1 Å². The Labute approximate surface area is 227 Å². The van der Waals surface area contributed by atoms with Gasteiger partial charge in [-0.15, -0.1) is 0 Å². The van der Waals surface area contributed by atoms with Crippen molar-refractivity contribution in [2.24, 2.45) is 0 Å². The van der Waals surface area contributed by atoms with Gasteiger partial charge in [-0.2, -0.15) is 0 Å². The molecule has 0 aliphatic heterocycles. The summed E-state index contributed by atoms with van der Waals surface area (Å²) in [5.41, 5.74) is 7.60. The molecule has 6 aromatic rings. The van der Waals surface area contributed by atoms with Crippen LogP contribution in [0.2, 0.25) is 0 Å². The monoisotopic (exact) mass is 503 g/mol. The number of fused-ring (bicyclic) bond motifs is 3. The van der Waals surface area contributed by atoms with Crippen molar-refractivity contribution in [2.45, 2.75) is 20.1 Å². The quantitative estimate of drug-likeness (QED) is 0.205. The Hall–Kier alpha value is -4.33. The van der Waals surface area contributed by atoms with E-state index >= 15 is 0 Å². The lowest BCUT2D eigenvalue weighted by Crippen LogP contribution is -2.28. The average molecular weight is 504 g/mol. The van der Waals surface area contributed by atoms with Gasteiger partial charge in [0.05, 0.1) is 16.3 Å². The van der Waals surface area contributed by atoms with E-state index in [1.165, 1.54) is 48.1 Å². The molecule has 38 heavy (non-hydrogen) atoms. The summed E-state index contributed by atoms with van der Waals surface area (Å²) in [6.45, 7) is 0. The van der Waals surface area contributed by atoms with Crippen molar-refractivity contribution in [2.75, 3.05) is 0 Å². The lowest BCUT2D eigenvalue weighted by atomic mass is 9.68. The fraction of sp³-hybridized carbons (Fsp3) is 0.0270. The zero-order valence-corrected chi connectivity index (χ0v) is 21.8. The van der Waals surface area contributed by atoms with Crippen LogP contribution in [0, 0.1) is 0 Å². The molecule has 0 fully saturated rings. The van der Waals surface area contributed by atoms with E-state index in [2.05, 4.69) is 164 Å². The first-order valence-corrected chi connectivity index (χ1v) is 14.3. The average Bonchev–Trinajstić information content (AvgIpc) is 3.30. The first-order valence-electron chi connectivity index (χ1n) is 13.1. The van der Waals surface area contributed by atoms with E-state index in [0.29, 0.717) is 0 Å². The second kappa shape index (κ2) is 9.52. The van der Waals surface area contributed by atoms with Gasteiger partial charge in [0.1, 0.15) is 0 Å². The highest BCUT2D eigenvalue weighted by molar-refractivity contribution is 7.97. The Kier molecular flexibility index (Phi) is 5.72. The predicted octanol–water partition coefficient (Wildman–Crippen LogP) is 9.15. The minimum atomic E-state index is -0.356. The van der Waals surface area contributed by atoms with Crippen LogP contribution >= 0.6 is 0 Å². The number of benzene rings is 6. The molecule has 0 bridgehead atoms. The maximum absolute atomic E-state index is 2.46. The summed E-state index contributed by atoms with van der Waals surface area (Å²) in [6, 6.07) is 60.1. The second-order valence-electron chi connectivity index (χ2n) is 9.67. The van der Waals surface area contributed by atoms with Crippen LogP contribution in [0.3, 0.4) is 0 Å². The number of rotatable bonds is 5. The van der Waals surface area contributed by atoms with Gasteiger partial charge < -0.3 is 0 Å². The van der Waals surface area contributed by atoms with Crippen molar-refractivity contribution in [1.29, 1.82) is 0 Å². The molecule has 0 radical (unpaired) electrons. The topological polar surface area (TPSA) is 0 Å². The van der Waals surface area contributed by atoms with Gasteiger partial charge >= 0.3 is 0 Å². The van der Waals surface area contributed by atoms with Crippen LogP contribution in [0.5, 0.6) is 0 Å². The highest BCUT2D eigenvalue weighted by Gasteiger charge is 2.46. The standard InChI is InChI=1S/C37H27S/c1-5-15-28(16-6-1)37(29-17-7-2-8-18-29)35-24-14-13-23-33(35)34-27-32(25-26-36(34)37)38(30-19-9-3-10-20-30)31-21-11-4-12-22-31/h1-27H/q+1. The van der Waals surface area contributed by atoms with Crippen molar-refractivity contribution in [3.8, 4) is 11.1 Å². The fourth-order valence-corrected chi connectivity index (χ4v) is 8.19. The summed E-state index contributed by atoms with van der Waals surface area (Å²) in [7, 11) is -0.198. The molecule has 0 atom stereocenters. The first-order chi connectivity index (χ1) is 18.9. The molecule has 180 valence electrons. The Morgan fingerprint density at radius 1 is 0.342 bits per heavy atom. The molecule has 1 aliphatic rings. The van der Waals surface area contributed by atoms with Gasteiger partial charge in [-0.1, -0.05) is 127 Å². The zero-order valence-electron chi connectivity index (χ0n) is 21.0. The molecule has 0 N–H and O–H groups in total. The molecule has 0 nitrogen and oxygen atoms in total. The van der Waals surface area contributed by atoms with Gasteiger partial charge in [0.2, 0.25) is 0 Å². The predicted molar refractivity (Wildman–Crippen MR) is 159 cm³/mol. The molecular weight excluding hydrogens is 476 g/mol. The third kappa shape index (κ3) is 3.55. The van der Waals surface area contributed by atoms with E-state index in [4.69, 9.17) is 0 Å². The maximum Gasteiger partial charge on any atom is 0.167 e. The number of hydrogen-bond donors (Lipinski definition) is 0. The Morgan fingerprint density at radius 3 is 1.34 bits per heavy atom. The smallest absolute Gasteiger partial charge is 0.0622 e. The fourth-order valence-electron chi connectivity index (χ4n) is 6.08. The zero-order chi connectivity index (χ0) is 25.4. The van der Waals surface area contributed by atoms with Gasteiger partial charge in [0, 0.05) is 6.07 Å². The molecule has 0 amide bonds. The van der Waals surface area contributed by atoms with Crippen LogP contribution in [0.1, 0.15) is 22.3 Å². The molecule has 6 aromatic carbocycles. The van der Waals surface area contributed by atoms with Gasteiger partial charge in [-0.25, -0.2) is 0 Å². The molecule has 0 heterocycles. The van der Waals surface area contributed by atoms with Crippen molar-refractivity contribution < 1.29 is 0 Å². The highest BCUT2D eigenvalue weighted by atomic mass is 32.2. The molecule has 0 aromatic heterocycles. The van der Waals surface area contributed by atoms with Gasteiger partial charge in [0.25, 0.3) is 0 Å². The van der Waals surface area contributed by atoms with E-state index < -0.39 is 0 Å². The molecule has 0 spiro atoms. The van der Waals surface area contributed by atoms with E-state index in [-0.39, 0.29) is 16.3 Å². The molecule has 0 saturated carbocycles. The molecule has 0 saturated heterocycles. The maximum atomic E-state index is 2.46. The minimum absolute atomic E-state index is 0.198. The van der Waals surface area contributed by atoms with Crippen molar-refractivity contribution in [3.63, 3.8) is 0 Å². The van der Waals surface area contributed by atoms with E-state index in [1.54, 1.807) is 0 Å². The van der Waals surface area contributed by atoms with Crippen LogP contribution in [0.15, 0.2) is 178 Å². The normalized spacial score (nSPS) is 13.2. The highest BCUT2D eigenvalue weighted by Crippen LogP contribution is 2.56. The Morgan fingerprint density at radius 2 is 0.789 bits per heavy atom. The lowest BCUT2D eigenvalue weighted by molar-refractivity contribution is 0.768. The first kappa shape index (κ1) is 22.8. The summed E-state index contributed by atoms with van der Waals surface area (Å²) in [6.07, 6.45) is 0. The summed E-state index contributed by atoms with van der Waals surface area (Å²) in [5.74, 6) is 0. The van der Waals surface area contributed by atoms with Crippen LogP contribution in [-0.2, 0) is 16.3 Å². The van der Waals surface area contributed by atoms with Crippen molar-refractivity contribution in [3.05, 3.63) is 186 Å². The summed E-state index contributed by atoms with van der Waals surface area (Å²) in [4.78, 5) is 4.01.